The molecule has 2 nitrogen and oxygen atoms in total. The first-order chi connectivity index (χ1) is 7.11. The molecule has 0 bridgehead atoms. The van der Waals surface area contributed by atoms with Gasteiger partial charge in [0.2, 0.25) is 0 Å². The Balaban J connectivity index is 1.81. The highest BCUT2D eigenvalue weighted by molar-refractivity contribution is 4.88. The van der Waals surface area contributed by atoms with Crippen LogP contribution in [0.15, 0.2) is 0 Å². The van der Waals surface area contributed by atoms with Gasteiger partial charge in [0.15, 0.2) is 0 Å². The minimum Gasteiger partial charge on any atom is -0.271 e. The molecule has 88 valence electrons. The quantitative estimate of drug-likeness (QED) is 0.553. The maximum Gasteiger partial charge on any atom is 0.0241 e. The van der Waals surface area contributed by atoms with Gasteiger partial charge in [0.25, 0.3) is 0 Å². The van der Waals surface area contributed by atoms with Crippen molar-refractivity contribution >= 4 is 0 Å². The zero-order chi connectivity index (χ0) is 10.9. The molecule has 2 saturated carbocycles. The lowest BCUT2D eigenvalue weighted by Gasteiger charge is -2.37. The molecule has 2 fully saturated rings. The Bertz CT molecular complexity index is 199. The predicted molar refractivity (Wildman–Crippen MR) is 64.2 cm³/mol. The van der Waals surface area contributed by atoms with Crippen molar-refractivity contribution in [3.8, 4) is 0 Å². The van der Waals surface area contributed by atoms with Gasteiger partial charge in [-0.2, -0.15) is 0 Å². The largest absolute Gasteiger partial charge is 0.271 e. The lowest BCUT2D eigenvalue weighted by Crippen LogP contribution is -2.43. The number of rotatable bonds is 4. The molecule has 1 atom stereocenters. The van der Waals surface area contributed by atoms with Gasteiger partial charge in [-0.3, -0.25) is 11.3 Å². The summed E-state index contributed by atoms with van der Waals surface area (Å²) in [5.41, 5.74) is 3.65. The lowest BCUT2D eigenvalue weighted by atomic mass is 9.70. The van der Waals surface area contributed by atoms with Gasteiger partial charge in [-0.15, -0.1) is 0 Å². The molecule has 0 amide bonds. The van der Waals surface area contributed by atoms with Gasteiger partial charge < -0.3 is 0 Å². The Hall–Kier alpha value is -0.0800. The van der Waals surface area contributed by atoms with Crippen LogP contribution in [0.1, 0.15) is 58.8 Å². The summed E-state index contributed by atoms with van der Waals surface area (Å²) in [6, 6.07) is 0.591. The number of hydrogen-bond donors (Lipinski definition) is 2. The fourth-order valence-corrected chi connectivity index (χ4v) is 2.93. The van der Waals surface area contributed by atoms with E-state index in [-0.39, 0.29) is 0 Å². The second-order valence-corrected chi connectivity index (χ2v) is 6.45. The molecule has 0 aromatic carbocycles. The fourth-order valence-electron chi connectivity index (χ4n) is 2.93. The molecule has 0 aliphatic heterocycles. The Kier molecular flexibility index (Phi) is 3.36. The number of nitrogens with one attached hydrogen (secondary N) is 1. The molecule has 1 unspecified atom stereocenters. The van der Waals surface area contributed by atoms with E-state index < -0.39 is 0 Å². The second-order valence-electron chi connectivity index (χ2n) is 6.45. The van der Waals surface area contributed by atoms with Gasteiger partial charge in [-0.25, -0.2) is 0 Å². The van der Waals surface area contributed by atoms with Crippen molar-refractivity contribution in [3.63, 3.8) is 0 Å². The summed E-state index contributed by atoms with van der Waals surface area (Å²) in [5, 5.41) is 0. The topological polar surface area (TPSA) is 38.0 Å². The van der Waals surface area contributed by atoms with Crippen molar-refractivity contribution in [3.05, 3.63) is 0 Å². The Labute approximate surface area is 94.0 Å². The van der Waals surface area contributed by atoms with Gasteiger partial charge in [0.05, 0.1) is 0 Å². The minimum absolute atomic E-state index is 0.579. The van der Waals surface area contributed by atoms with Crippen LogP contribution in [0.2, 0.25) is 0 Å². The Morgan fingerprint density at radius 3 is 2.27 bits per heavy atom. The second kappa shape index (κ2) is 4.42. The molecular weight excluding hydrogens is 184 g/mol. The molecule has 2 aliphatic carbocycles. The summed E-state index contributed by atoms with van der Waals surface area (Å²) in [7, 11) is 0. The molecule has 15 heavy (non-hydrogen) atoms. The van der Waals surface area contributed by atoms with Crippen molar-refractivity contribution in [2.75, 3.05) is 0 Å². The summed E-state index contributed by atoms with van der Waals surface area (Å²) >= 11 is 0. The van der Waals surface area contributed by atoms with Crippen molar-refractivity contribution in [2.24, 2.45) is 23.1 Å². The minimum atomic E-state index is 0.579. The van der Waals surface area contributed by atoms with Crippen LogP contribution in [0, 0.1) is 17.3 Å². The van der Waals surface area contributed by atoms with Crippen molar-refractivity contribution in [2.45, 2.75) is 64.8 Å². The standard InChI is InChI=1S/C13H26N2/c1-13(2)7-5-11(6-8-13)12(15-14)9-10-3-4-10/h10-12,15H,3-9,14H2,1-2H3. The molecule has 0 saturated heterocycles. The van der Waals surface area contributed by atoms with E-state index in [9.17, 15) is 0 Å². The van der Waals surface area contributed by atoms with Gasteiger partial charge >= 0.3 is 0 Å². The molecule has 0 radical (unpaired) electrons. The molecule has 0 heterocycles. The van der Waals surface area contributed by atoms with Gasteiger partial charge in [-0.1, -0.05) is 26.7 Å². The zero-order valence-electron chi connectivity index (χ0n) is 10.3. The third-order valence-corrected chi connectivity index (χ3v) is 4.45. The Morgan fingerprint density at radius 2 is 1.80 bits per heavy atom. The lowest BCUT2D eigenvalue weighted by molar-refractivity contribution is 0.155. The van der Waals surface area contributed by atoms with Crippen molar-refractivity contribution < 1.29 is 0 Å². The van der Waals surface area contributed by atoms with Crippen LogP contribution in [0.3, 0.4) is 0 Å². The molecule has 2 heteroatoms. The molecule has 3 N–H and O–H groups in total. The first-order valence-corrected chi connectivity index (χ1v) is 6.57. The van der Waals surface area contributed by atoms with E-state index in [0.717, 1.165) is 11.8 Å². The summed E-state index contributed by atoms with van der Waals surface area (Å²) in [5.74, 6) is 7.52. The monoisotopic (exact) mass is 210 g/mol. The molecule has 0 aromatic heterocycles. The maximum absolute atomic E-state index is 5.70. The Morgan fingerprint density at radius 1 is 1.20 bits per heavy atom. The summed E-state index contributed by atoms with van der Waals surface area (Å²) < 4.78 is 0. The van der Waals surface area contributed by atoms with E-state index in [1.54, 1.807) is 0 Å². The maximum atomic E-state index is 5.70. The molecular formula is C13H26N2. The summed E-state index contributed by atoms with van der Waals surface area (Å²) in [6.07, 6.45) is 9.69. The normalized spacial score (nSPS) is 29.0. The highest BCUT2D eigenvalue weighted by Gasteiger charge is 2.34. The van der Waals surface area contributed by atoms with Crippen LogP contribution in [0.4, 0.5) is 0 Å². The van der Waals surface area contributed by atoms with Crippen LogP contribution in [-0.2, 0) is 0 Å². The highest BCUT2D eigenvalue weighted by atomic mass is 15.2. The fraction of sp³-hybridized carbons (Fsp3) is 1.00. The van der Waals surface area contributed by atoms with Crippen LogP contribution >= 0.6 is 0 Å². The zero-order valence-corrected chi connectivity index (χ0v) is 10.3. The van der Waals surface area contributed by atoms with Crippen LogP contribution in [0.25, 0.3) is 0 Å². The van der Waals surface area contributed by atoms with E-state index in [1.165, 1.54) is 44.9 Å². The third kappa shape index (κ3) is 3.18. The van der Waals surface area contributed by atoms with E-state index in [4.69, 9.17) is 5.84 Å². The van der Waals surface area contributed by atoms with Crippen LogP contribution in [0.5, 0.6) is 0 Å². The SMILES string of the molecule is CC1(C)CCC(C(CC2CC2)NN)CC1. The van der Waals surface area contributed by atoms with Crippen LogP contribution in [-0.4, -0.2) is 6.04 Å². The van der Waals surface area contributed by atoms with Crippen molar-refractivity contribution in [1.29, 1.82) is 0 Å². The van der Waals surface area contributed by atoms with Gasteiger partial charge in [0, 0.05) is 6.04 Å². The van der Waals surface area contributed by atoms with Crippen molar-refractivity contribution in [1.82, 2.24) is 5.43 Å². The number of hydrogen-bond acceptors (Lipinski definition) is 2. The van der Waals surface area contributed by atoms with E-state index in [2.05, 4.69) is 19.3 Å². The summed E-state index contributed by atoms with van der Waals surface area (Å²) in [6.45, 7) is 4.80. The third-order valence-electron chi connectivity index (χ3n) is 4.45. The smallest absolute Gasteiger partial charge is 0.0241 e. The number of hydrazine groups is 1. The molecule has 2 aliphatic rings. The molecule has 2 rings (SSSR count). The number of nitrogens with two attached hydrogens (primary N) is 1. The first kappa shape index (κ1) is 11.4. The van der Waals surface area contributed by atoms with E-state index in [0.29, 0.717) is 11.5 Å². The molecule has 0 aromatic rings. The van der Waals surface area contributed by atoms with E-state index in [1.807, 2.05) is 0 Å². The summed E-state index contributed by atoms with van der Waals surface area (Å²) in [4.78, 5) is 0. The average Bonchev–Trinajstić information content (AvgIpc) is 2.98. The molecule has 0 spiro atoms. The predicted octanol–water partition coefficient (Wildman–Crippen LogP) is 2.83. The highest BCUT2D eigenvalue weighted by Crippen LogP contribution is 2.42. The average molecular weight is 210 g/mol. The van der Waals surface area contributed by atoms with Gasteiger partial charge in [0.1, 0.15) is 0 Å². The van der Waals surface area contributed by atoms with E-state index >= 15 is 0 Å². The first-order valence-electron chi connectivity index (χ1n) is 6.57. The van der Waals surface area contributed by atoms with Crippen LogP contribution < -0.4 is 11.3 Å². The van der Waals surface area contributed by atoms with Gasteiger partial charge in [-0.05, 0) is 49.4 Å².